The topological polar surface area (TPSA) is 84.7 Å². The van der Waals surface area contributed by atoms with Gasteiger partial charge in [-0.25, -0.2) is 9.97 Å². The molecule has 0 saturated heterocycles. The quantitative estimate of drug-likeness (QED) is 0.757. The first kappa shape index (κ1) is 10.6. The summed E-state index contributed by atoms with van der Waals surface area (Å²) in [6, 6.07) is 0. The molecular formula is C11H14N4O. The number of fused-ring (bicyclic) bond motifs is 1. The van der Waals surface area contributed by atoms with E-state index in [9.17, 15) is 4.79 Å². The molecule has 5 nitrogen and oxygen atoms in total. The SMILES string of the molecule is CC(C)(C)c1cnc2[nH]cc(C(N)=O)c2n1. The molecule has 0 saturated carbocycles. The molecule has 2 aromatic rings. The number of aromatic nitrogens is 3. The standard InChI is InChI=1S/C11H14N4O/c1-11(2,3)7-5-14-10-8(15-7)6(4-13-10)9(12)16/h4-5H,1-3H3,(H2,12,16)(H,13,14). The van der Waals surface area contributed by atoms with Gasteiger partial charge >= 0.3 is 0 Å². The Balaban J connectivity index is 2.68. The molecule has 1 amide bonds. The fourth-order valence-electron chi connectivity index (χ4n) is 1.44. The number of carbonyl (C=O) groups is 1. The summed E-state index contributed by atoms with van der Waals surface area (Å²) >= 11 is 0. The van der Waals surface area contributed by atoms with Crippen molar-refractivity contribution < 1.29 is 4.79 Å². The van der Waals surface area contributed by atoms with E-state index in [4.69, 9.17) is 5.73 Å². The van der Waals surface area contributed by atoms with Gasteiger partial charge in [0.15, 0.2) is 5.65 Å². The average Bonchev–Trinajstić information content (AvgIpc) is 2.58. The maximum atomic E-state index is 11.2. The first-order chi connectivity index (χ1) is 7.39. The molecule has 16 heavy (non-hydrogen) atoms. The number of hydrogen-bond acceptors (Lipinski definition) is 3. The minimum Gasteiger partial charge on any atom is -0.365 e. The highest BCUT2D eigenvalue weighted by Gasteiger charge is 2.19. The summed E-state index contributed by atoms with van der Waals surface area (Å²) in [5.41, 5.74) is 7.50. The first-order valence-electron chi connectivity index (χ1n) is 5.04. The van der Waals surface area contributed by atoms with Crippen LogP contribution in [0.4, 0.5) is 0 Å². The number of primary amides is 1. The molecule has 0 aliphatic carbocycles. The average molecular weight is 218 g/mol. The molecule has 2 aromatic heterocycles. The lowest BCUT2D eigenvalue weighted by Gasteiger charge is -2.16. The predicted octanol–water partition coefficient (Wildman–Crippen LogP) is 1.35. The van der Waals surface area contributed by atoms with E-state index in [0.29, 0.717) is 16.7 Å². The summed E-state index contributed by atoms with van der Waals surface area (Å²) in [5.74, 6) is -0.494. The highest BCUT2D eigenvalue weighted by Crippen LogP contribution is 2.22. The van der Waals surface area contributed by atoms with Gasteiger partial charge in [0.25, 0.3) is 5.91 Å². The second-order valence-corrected chi connectivity index (χ2v) is 4.77. The van der Waals surface area contributed by atoms with Crippen LogP contribution in [0.1, 0.15) is 36.8 Å². The zero-order chi connectivity index (χ0) is 11.9. The molecule has 3 N–H and O–H groups in total. The number of hydrogen-bond donors (Lipinski definition) is 2. The molecule has 0 bridgehead atoms. The van der Waals surface area contributed by atoms with Gasteiger partial charge in [-0.05, 0) is 0 Å². The Hall–Kier alpha value is -1.91. The summed E-state index contributed by atoms with van der Waals surface area (Å²) in [4.78, 5) is 22.7. The minimum atomic E-state index is -0.494. The summed E-state index contributed by atoms with van der Waals surface area (Å²) in [7, 11) is 0. The van der Waals surface area contributed by atoms with Gasteiger partial charge in [-0.2, -0.15) is 0 Å². The van der Waals surface area contributed by atoms with E-state index in [2.05, 4.69) is 15.0 Å². The van der Waals surface area contributed by atoms with E-state index < -0.39 is 5.91 Å². The normalized spacial score (nSPS) is 11.9. The molecular weight excluding hydrogens is 204 g/mol. The largest absolute Gasteiger partial charge is 0.365 e. The van der Waals surface area contributed by atoms with E-state index in [1.165, 1.54) is 0 Å². The van der Waals surface area contributed by atoms with Crippen LogP contribution in [0.2, 0.25) is 0 Å². The van der Waals surface area contributed by atoms with Crippen molar-refractivity contribution in [2.75, 3.05) is 0 Å². The third kappa shape index (κ3) is 1.64. The Morgan fingerprint density at radius 3 is 2.69 bits per heavy atom. The van der Waals surface area contributed by atoms with Crippen molar-refractivity contribution in [1.82, 2.24) is 15.0 Å². The van der Waals surface area contributed by atoms with Gasteiger partial charge in [0.1, 0.15) is 5.52 Å². The van der Waals surface area contributed by atoms with Gasteiger partial charge in [-0.1, -0.05) is 20.8 Å². The van der Waals surface area contributed by atoms with Gasteiger partial charge in [-0.15, -0.1) is 0 Å². The Morgan fingerprint density at radius 2 is 2.12 bits per heavy atom. The smallest absolute Gasteiger partial charge is 0.252 e. The van der Waals surface area contributed by atoms with Crippen molar-refractivity contribution in [1.29, 1.82) is 0 Å². The van der Waals surface area contributed by atoms with Crippen molar-refractivity contribution in [2.45, 2.75) is 26.2 Å². The molecule has 2 rings (SSSR count). The van der Waals surface area contributed by atoms with Crippen LogP contribution in [-0.4, -0.2) is 20.9 Å². The van der Waals surface area contributed by atoms with Crippen LogP contribution < -0.4 is 5.73 Å². The van der Waals surface area contributed by atoms with Crippen molar-refractivity contribution in [3.63, 3.8) is 0 Å². The zero-order valence-corrected chi connectivity index (χ0v) is 9.53. The van der Waals surface area contributed by atoms with Crippen LogP contribution in [0, 0.1) is 0 Å². The first-order valence-corrected chi connectivity index (χ1v) is 5.04. The highest BCUT2D eigenvalue weighted by atomic mass is 16.1. The second kappa shape index (κ2) is 3.30. The number of rotatable bonds is 1. The molecule has 2 heterocycles. The zero-order valence-electron chi connectivity index (χ0n) is 9.53. The number of nitrogens with zero attached hydrogens (tertiary/aromatic N) is 2. The molecule has 84 valence electrons. The Kier molecular flexibility index (Phi) is 2.18. The summed E-state index contributed by atoms with van der Waals surface area (Å²) in [6.07, 6.45) is 3.25. The fraction of sp³-hybridized carbons (Fsp3) is 0.364. The summed E-state index contributed by atoms with van der Waals surface area (Å²) in [5, 5.41) is 0. The van der Waals surface area contributed by atoms with E-state index in [0.717, 1.165) is 5.69 Å². The Labute approximate surface area is 93.1 Å². The van der Waals surface area contributed by atoms with Gasteiger partial charge in [0.05, 0.1) is 17.5 Å². The maximum absolute atomic E-state index is 11.2. The van der Waals surface area contributed by atoms with Crippen molar-refractivity contribution in [3.05, 3.63) is 23.7 Å². The van der Waals surface area contributed by atoms with Gasteiger partial charge in [0.2, 0.25) is 0 Å². The molecule has 0 aliphatic rings. The molecule has 0 radical (unpaired) electrons. The van der Waals surface area contributed by atoms with Crippen LogP contribution in [0.15, 0.2) is 12.4 Å². The Bertz CT molecular complexity index is 551. The van der Waals surface area contributed by atoms with Gasteiger partial charge in [0, 0.05) is 11.6 Å². The number of amides is 1. The predicted molar refractivity (Wildman–Crippen MR) is 61.1 cm³/mol. The number of H-pyrrole nitrogens is 1. The minimum absolute atomic E-state index is 0.104. The molecule has 0 fully saturated rings. The van der Waals surface area contributed by atoms with Crippen LogP contribution in [0.5, 0.6) is 0 Å². The van der Waals surface area contributed by atoms with Crippen LogP contribution in [-0.2, 0) is 5.41 Å². The number of carbonyl (C=O) groups excluding carboxylic acids is 1. The fourth-order valence-corrected chi connectivity index (χ4v) is 1.44. The molecule has 0 spiro atoms. The Morgan fingerprint density at radius 1 is 1.44 bits per heavy atom. The lowest BCUT2D eigenvalue weighted by molar-refractivity contribution is 0.100. The summed E-state index contributed by atoms with van der Waals surface area (Å²) in [6.45, 7) is 6.12. The van der Waals surface area contributed by atoms with Crippen molar-refractivity contribution >= 4 is 17.1 Å². The number of nitrogens with two attached hydrogens (primary N) is 1. The molecule has 0 unspecified atom stereocenters. The van der Waals surface area contributed by atoms with E-state index in [-0.39, 0.29) is 5.41 Å². The lowest BCUT2D eigenvalue weighted by Crippen LogP contribution is -2.15. The van der Waals surface area contributed by atoms with Crippen LogP contribution >= 0.6 is 0 Å². The summed E-state index contributed by atoms with van der Waals surface area (Å²) < 4.78 is 0. The molecule has 0 atom stereocenters. The third-order valence-corrected chi connectivity index (χ3v) is 2.41. The van der Waals surface area contributed by atoms with Gasteiger partial charge < -0.3 is 10.7 Å². The van der Waals surface area contributed by atoms with E-state index in [1.807, 2.05) is 20.8 Å². The highest BCUT2D eigenvalue weighted by molar-refractivity contribution is 6.03. The van der Waals surface area contributed by atoms with Crippen LogP contribution in [0.3, 0.4) is 0 Å². The van der Waals surface area contributed by atoms with Crippen molar-refractivity contribution in [2.24, 2.45) is 5.73 Å². The molecule has 0 aliphatic heterocycles. The molecule has 5 heteroatoms. The third-order valence-electron chi connectivity index (χ3n) is 2.41. The maximum Gasteiger partial charge on any atom is 0.252 e. The number of nitrogens with one attached hydrogen (secondary N) is 1. The van der Waals surface area contributed by atoms with E-state index in [1.54, 1.807) is 12.4 Å². The van der Waals surface area contributed by atoms with E-state index >= 15 is 0 Å². The van der Waals surface area contributed by atoms with Crippen LogP contribution in [0.25, 0.3) is 11.2 Å². The number of aromatic amines is 1. The second-order valence-electron chi connectivity index (χ2n) is 4.77. The monoisotopic (exact) mass is 218 g/mol. The lowest BCUT2D eigenvalue weighted by atomic mass is 9.92. The van der Waals surface area contributed by atoms with Gasteiger partial charge in [-0.3, -0.25) is 4.79 Å². The van der Waals surface area contributed by atoms with Crippen molar-refractivity contribution in [3.8, 4) is 0 Å². The molecule has 0 aromatic carbocycles.